The Bertz CT molecular complexity index is 1600. The second kappa shape index (κ2) is 22.6. The topological polar surface area (TPSA) is 184 Å². The quantitative estimate of drug-likeness (QED) is 0.0305. The van der Waals surface area contributed by atoms with E-state index in [-0.39, 0.29) is 18.8 Å². The fourth-order valence-electron chi connectivity index (χ4n) is 5.19. The van der Waals surface area contributed by atoms with Crippen molar-refractivity contribution in [3.63, 3.8) is 0 Å². The zero-order valence-electron chi connectivity index (χ0n) is 31.2. The Morgan fingerprint density at radius 2 is 1.35 bits per heavy atom. The van der Waals surface area contributed by atoms with Crippen molar-refractivity contribution in [1.82, 2.24) is 34.8 Å². The lowest BCUT2D eigenvalue weighted by Crippen LogP contribution is -2.31. The van der Waals surface area contributed by atoms with Crippen molar-refractivity contribution in [1.29, 1.82) is 0 Å². The number of hydrogen-bond acceptors (Lipinski definition) is 14. The van der Waals surface area contributed by atoms with E-state index in [4.69, 9.17) is 15.5 Å². The molecule has 0 aliphatic carbocycles. The predicted molar refractivity (Wildman–Crippen MR) is 211 cm³/mol. The summed E-state index contributed by atoms with van der Waals surface area (Å²) in [7, 11) is -2.28. The van der Waals surface area contributed by atoms with Crippen molar-refractivity contribution >= 4 is 39.3 Å². The number of sulfonamides is 1. The van der Waals surface area contributed by atoms with E-state index in [0.717, 1.165) is 44.8 Å². The third-order valence-corrected chi connectivity index (χ3v) is 9.52. The van der Waals surface area contributed by atoms with Crippen LogP contribution in [0.2, 0.25) is 0 Å². The van der Waals surface area contributed by atoms with Crippen LogP contribution in [-0.2, 0) is 25.6 Å². The number of hydrogen-bond donors (Lipinski definition) is 6. The lowest BCUT2D eigenvalue weighted by Gasteiger charge is -2.19. The van der Waals surface area contributed by atoms with Gasteiger partial charge in [0.1, 0.15) is 0 Å². The van der Waals surface area contributed by atoms with Crippen LogP contribution in [0.4, 0.5) is 17.8 Å². The van der Waals surface area contributed by atoms with E-state index >= 15 is 0 Å². The standard InChI is InChI=1S/C36H57N11O4S/c1-7-46(8-2)23-21-39-35-43-34(44-36(45-35)40-22-24-47(9-3)10-4)38-19-20-41-52(48,49)27-29-15-14-18-31(25-29)28(5)42-33(51-50-6)26-32(37)30-16-12-11-13-17-30/h11-18,25-26,33,41-42H,5,7-10,19-24,27,37H2,1-4,6H3,(H3,38,39,40,43,44,45)/b32-26+. The zero-order valence-corrected chi connectivity index (χ0v) is 32.0. The van der Waals surface area contributed by atoms with Crippen LogP contribution in [0, 0.1) is 0 Å². The first kappa shape index (κ1) is 42.1. The molecule has 0 aliphatic heterocycles. The number of rotatable bonds is 26. The molecule has 1 unspecified atom stereocenters. The van der Waals surface area contributed by atoms with E-state index in [9.17, 15) is 8.42 Å². The Labute approximate surface area is 309 Å². The van der Waals surface area contributed by atoms with Gasteiger partial charge in [-0.15, -0.1) is 0 Å². The molecule has 0 amide bonds. The highest BCUT2D eigenvalue weighted by atomic mass is 32.2. The summed E-state index contributed by atoms with van der Waals surface area (Å²) < 4.78 is 28.8. The summed E-state index contributed by atoms with van der Waals surface area (Å²) in [6.45, 7) is 19.9. The molecule has 0 saturated carbocycles. The van der Waals surface area contributed by atoms with E-state index in [2.05, 4.69) is 85.0 Å². The van der Waals surface area contributed by atoms with Gasteiger partial charge in [-0.3, -0.25) is 0 Å². The summed E-state index contributed by atoms with van der Waals surface area (Å²) in [6, 6.07) is 16.6. The molecular formula is C36H57N11O4S. The summed E-state index contributed by atoms with van der Waals surface area (Å²) in [5.74, 6) is 1.02. The third kappa shape index (κ3) is 15.1. The Morgan fingerprint density at radius 1 is 0.808 bits per heavy atom. The molecule has 52 heavy (non-hydrogen) atoms. The van der Waals surface area contributed by atoms with Crippen molar-refractivity contribution in [3.05, 3.63) is 83.9 Å². The number of nitrogens with two attached hydrogens (primary N) is 1. The van der Waals surface area contributed by atoms with Gasteiger partial charge in [-0.05, 0) is 55.0 Å². The van der Waals surface area contributed by atoms with E-state index in [1.54, 1.807) is 24.3 Å². The van der Waals surface area contributed by atoms with E-state index < -0.39 is 16.3 Å². The highest BCUT2D eigenvalue weighted by molar-refractivity contribution is 7.88. The van der Waals surface area contributed by atoms with Gasteiger partial charge < -0.3 is 36.8 Å². The third-order valence-electron chi connectivity index (χ3n) is 8.16. The monoisotopic (exact) mass is 739 g/mol. The fraction of sp³-hybridized carbons (Fsp3) is 0.472. The molecule has 0 saturated heterocycles. The normalized spacial score (nSPS) is 12.6. The molecule has 1 atom stereocenters. The molecule has 0 aliphatic rings. The SMILES string of the molecule is C=C(NC(/C=C(/N)c1ccccc1)OOC)c1cccc(CS(=O)(=O)NCCNc2nc(NCCN(CC)CC)nc(NCCN(CC)CC)n2)c1. The first-order valence-electron chi connectivity index (χ1n) is 17.8. The largest absolute Gasteiger partial charge is 0.398 e. The predicted octanol–water partition coefficient (Wildman–Crippen LogP) is 3.37. The minimum atomic E-state index is -3.67. The molecule has 16 heteroatoms. The van der Waals surface area contributed by atoms with Crippen LogP contribution in [0.1, 0.15) is 44.4 Å². The number of likely N-dealkylation sites (N-methyl/N-ethyl adjacent to an activating group) is 2. The molecule has 1 aromatic heterocycles. The van der Waals surface area contributed by atoms with Gasteiger partial charge >= 0.3 is 0 Å². The highest BCUT2D eigenvalue weighted by Gasteiger charge is 2.15. The maximum absolute atomic E-state index is 13.1. The lowest BCUT2D eigenvalue weighted by atomic mass is 10.1. The van der Waals surface area contributed by atoms with Crippen molar-refractivity contribution < 1.29 is 18.2 Å². The molecule has 3 rings (SSSR count). The summed E-state index contributed by atoms with van der Waals surface area (Å²) in [4.78, 5) is 28.4. The van der Waals surface area contributed by atoms with Crippen LogP contribution in [-0.4, -0.2) is 112 Å². The molecule has 286 valence electrons. The summed E-state index contributed by atoms with van der Waals surface area (Å²) in [5.41, 5.74) is 9.35. The fourth-order valence-corrected chi connectivity index (χ4v) is 6.32. The zero-order chi connectivity index (χ0) is 37.8. The molecule has 2 aromatic carbocycles. The van der Waals surface area contributed by atoms with Gasteiger partial charge in [-0.1, -0.05) is 82.8 Å². The van der Waals surface area contributed by atoms with Crippen LogP contribution >= 0.6 is 0 Å². The Hall–Kier alpha value is -4.32. The average molecular weight is 740 g/mol. The minimum Gasteiger partial charge on any atom is -0.398 e. The highest BCUT2D eigenvalue weighted by Crippen LogP contribution is 2.17. The van der Waals surface area contributed by atoms with Gasteiger partial charge in [-0.2, -0.15) is 15.0 Å². The van der Waals surface area contributed by atoms with Crippen LogP contribution < -0.4 is 31.7 Å². The van der Waals surface area contributed by atoms with Crippen molar-refractivity contribution in [2.24, 2.45) is 5.73 Å². The van der Waals surface area contributed by atoms with Gasteiger partial charge in [0.05, 0.1) is 12.9 Å². The van der Waals surface area contributed by atoms with Gasteiger partial charge in [-0.25, -0.2) is 22.9 Å². The Morgan fingerprint density at radius 3 is 1.88 bits per heavy atom. The van der Waals surface area contributed by atoms with E-state index in [0.29, 0.717) is 53.5 Å². The van der Waals surface area contributed by atoms with Crippen molar-refractivity contribution in [2.75, 3.05) is 88.5 Å². The van der Waals surface area contributed by atoms with Crippen LogP contribution in [0.15, 0.2) is 67.3 Å². The van der Waals surface area contributed by atoms with Crippen LogP contribution in [0.25, 0.3) is 11.4 Å². The van der Waals surface area contributed by atoms with Crippen LogP contribution in [0.5, 0.6) is 0 Å². The number of nitrogens with zero attached hydrogens (tertiary/aromatic N) is 5. The summed E-state index contributed by atoms with van der Waals surface area (Å²) in [6.07, 6.45) is 0.922. The molecule has 0 fully saturated rings. The van der Waals surface area contributed by atoms with Gasteiger partial charge in [0, 0.05) is 50.7 Å². The first-order valence-corrected chi connectivity index (χ1v) is 19.4. The molecule has 0 radical (unpaired) electrons. The molecule has 3 aromatic rings. The van der Waals surface area contributed by atoms with Crippen LogP contribution in [0.3, 0.4) is 0 Å². The maximum atomic E-state index is 13.1. The lowest BCUT2D eigenvalue weighted by molar-refractivity contribution is -0.296. The van der Waals surface area contributed by atoms with Crippen molar-refractivity contribution in [3.8, 4) is 0 Å². The molecule has 1 heterocycles. The molecule has 15 nitrogen and oxygen atoms in total. The number of aromatic nitrogens is 3. The Kier molecular flexibility index (Phi) is 18.3. The summed E-state index contributed by atoms with van der Waals surface area (Å²) >= 11 is 0. The molecule has 0 spiro atoms. The molecule has 7 N–H and O–H groups in total. The van der Waals surface area contributed by atoms with Gasteiger partial charge in [0.15, 0.2) is 6.23 Å². The first-order chi connectivity index (χ1) is 25.1. The minimum absolute atomic E-state index is 0.128. The second-order valence-electron chi connectivity index (χ2n) is 11.8. The molecule has 0 bridgehead atoms. The second-order valence-corrected chi connectivity index (χ2v) is 13.6. The summed E-state index contributed by atoms with van der Waals surface area (Å²) in [5, 5.41) is 12.9. The van der Waals surface area contributed by atoms with Gasteiger partial charge in [0.2, 0.25) is 27.9 Å². The molecular weight excluding hydrogens is 683 g/mol. The Balaban J connectivity index is 1.58. The van der Waals surface area contributed by atoms with E-state index in [1.807, 2.05) is 36.4 Å². The van der Waals surface area contributed by atoms with Crippen molar-refractivity contribution in [2.45, 2.75) is 39.7 Å². The number of nitrogens with one attached hydrogen (secondary N) is 5. The smallest absolute Gasteiger partial charge is 0.229 e. The number of anilines is 3. The number of benzene rings is 2. The average Bonchev–Trinajstić information content (AvgIpc) is 3.14. The maximum Gasteiger partial charge on any atom is 0.229 e. The van der Waals surface area contributed by atoms with Gasteiger partial charge in [0.25, 0.3) is 0 Å². The van der Waals surface area contributed by atoms with E-state index in [1.165, 1.54) is 7.11 Å².